The van der Waals surface area contributed by atoms with Crippen LogP contribution < -0.4 is 5.73 Å². The van der Waals surface area contributed by atoms with Crippen LogP contribution in [0.3, 0.4) is 0 Å². The Bertz CT molecular complexity index is 614. The molecule has 1 aromatic heterocycles. The molecule has 2 aromatic rings. The van der Waals surface area contributed by atoms with Crippen molar-refractivity contribution in [3.63, 3.8) is 0 Å². The van der Waals surface area contributed by atoms with Crippen LogP contribution in [0, 0.1) is 0 Å². The van der Waals surface area contributed by atoms with Gasteiger partial charge in [-0.1, -0.05) is 29.8 Å². The highest BCUT2D eigenvalue weighted by Gasteiger charge is 2.22. The number of amides is 1. The number of benzene rings is 1. The standard InChI is InChI=1S/C14H16ClN3OS/c1-9(10-5-3-4-6-11(10)15)18(2)14(19)12-8-20-13(7-16)17-12/h3-6,8-9H,7,16H2,1-2H3. The monoisotopic (exact) mass is 309 g/mol. The molecule has 106 valence electrons. The van der Waals surface area contributed by atoms with E-state index in [1.807, 2.05) is 31.2 Å². The summed E-state index contributed by atoms with van der Waals surface area (Å²) in [6.07, 6.45) is 0. The van der Waals surface area contributed by atoms with Crippen LogP contribution in [0.25, 0.3) is 0 Å². The van der Waals surface area contributed by atoms with Crippen molar-refractivity contribution in [3.05, 3.63) is 50.9 Å². The van der Waals surface area contributed by atoms with Crippen molar-refractivity contribution in [2.75, 3.05) is 7.05 Å². The summed E-state index contributed by atoms with van der Waals surface area (Å²) in [5, 5.41) is 3.15. The lowest BCUT2D eigenvalue weighted by Gasteiger charge is -2.25. The number of nitrogens with zero attached hydrogens (tertiary/aromatic N) is 2. The number of carbonyl (C=O) groups excluding carboxylic acids is 1. The Morgan fingerprint density at radius 2 is 2.20 bits per heavy atom. The van der Waals surface area contributed by atoms with E-state index in [1.165, 1.54) is 11.3 Å². The van der Waals surface area contributed by atoms with Crippen molar-refractivity contribution in [3.8, 4) is 0 Å². The third-order valence-corrected chi connectivity index (χ3v) is 4.42. The Labute approximate surface area is 127 Å². The van der Waals surface area contributed by atoms with E-state index in [0.717, 1.165) is 10.6 Å². The number of aromatic nitrogens is 1. The van der Waals surface area contributed by atoms with Gasteiger partial charge in [0.2, 0.25) is 0 Å². The van der Waals surface area contributed by atoms with Crippen LogP contribution in [-0.2, 0) is 6.54 Å². The summed E-state index contributed by atoms with van der Waals surface area (Å²) in [7, 11) is 1.75. The van der Waals surface area contributed by atoms with Crippen LogP contribution in [0.2, 0.25) is 5.02 Å². The largest absolute Gasteiger partial charge is 0.334 e. The fourth-order valence-corrected chi connectivity index (χ4v) is 2.82. The number of nitrogens with two attached hydrogens (primary N) is 1. The van der Waals surface area contributed by atoms with Crippen molar-refractivity contribution in [1.29, 1.82) is 0 Å². The molecule has 0 spiro atoms. The summed E-state index contributed by atoms with van der Waals surface area (Å²) < 4.78 is 0. The molecule has 0 aliphatic rings. The lowest BCUT2D eigenvalue weighted by Crippen LogP contribution is -2.30. The zero-order valence-corrected chi connectivity index (χ0v) is 12.9. The van der Waals surface area contributed by atoms with Gasteiger partial charge < -0.3 is 10.6 Å². The molecule has 4 nitrogen and oxygen atoms in total. The topological polar surface area (TPSA) is 59.2 Å². The molecule has 0 saturated heterocycles. The zero-order chi connectivity index (χ0) is 14.7. The number of rotatable bonds is 4. The molecule has 0 fully saturated rings. The Balaban J connectivity index is 2.20. The summed E-state index contributed by atoms with van der Waals surface area (Å²) in [4.78, 5) is 18.2. The predicted octanol–water partition coefficient (Wildman–Crippen LogP) is 3.09. The minimum absolute atomic E-state index is 0.126. The molecule has 0 aliphatic carbocycles. The lowest BCUT2D eigenvalue weighted by molar-refractivity contribution is 0.0737. The van der Waals surface area contributed by atoms with Gasteiger partial charge in [-0.2, -0.15) is 0 Å². The Morgan fingerprint density at radius 1 is 1.50 bits per heavy atom. The fourth-order valence-electron chi connectivity index (χ4n) is 1.88. The van der Waals surface area contributed by atoms with E-state index in [4.69, 9.17) is 17.3 Å². The van der Waals surface area contributed by atoms with Crippen LogP contribution in [-0.4, -0.2) is 22.8 Å². The van der Waals surface area contributed by atoms with Gasteiger partial charge in [0.15, 0.2) is 0 Å². The van der Waals surface area contributed by atoms with Crippen LogP contribution >= 0.6 is 22.9 Å². The van der Waals surface area contributed by atoms with Crippen molar-refractivity contribution < 1.29 is 4.79 Å². The Kier molecular flexibility index (Phi) is 4.75. The van der Waals surface area contributed by atoms with Gasteiger partial charge in [0.05, 0.1) is 6.04 Å². The summed E-state index contributed by atoms with van der Waals surface area (Å²) in [6, 6.07) is 7.39. The van der Waals surface area contributed by atoms with E-state index in [2.05, 4.69) is 4.98 Å². The quantitative estimate of drug-likeness (QED) is 0.944. The molecule has 0 bridgehead atoms. The minimum atomic E-state index is -0.131. The van der Waals surface area contributed by atoms with Gasteiger partial charge in [-0.25, -0.2) is 4.98 Å². The van der Waals surface area contributed by atoms with E-state index >= 15 is 0 Å². The smallest absolute Gasteiger partial charge is 0.273 e. The van der Waals surface area contributed by atoms with Gasteiger partial charge in [0.1, 0.15) is 10.7 Å². The zero-order valence-electron chi connectivity index (χ0n) is 11.3. The second-order valence-corrected chi connectivity index (χ2v) is 5.79. The molecular weight excluding hydrogens is 294 g/mol. The second kappa shape index (κ2) is 6.35. The van der Waals surface area contributed by atoms with Gasteiger partial charge >= 0.3 is 0 Å². The third kappa shape index (κ3) is 3.00. The summed E-state index contributed by atoms with van der Waals surface area (Å²) in [5.41, 5.74) is 6.86. The van der Waals surface area contributed by atoms with Crippen LogP contribution in [0.1, 0.15) is 34.0 Å². The SMILES string of the molecule is CC(c1ccccc1Cl)N(C)C(=O)c1csc(CN)n1. The third-order valence-electron chi connectivity index (χ3n) is 3.20. The molecule has 1 amide bonds. The van der Waals surface area contributed by atoms with E-state index in [0.29, 0.717) is 17.3 Å². The normalized spacial score (nSPS) is 12.2. The molecule has 6 heteroatoms. The van der Waals surface area contributed by atoms with Crippen LogP contribution in [0.15, 0.2) is 29.6 Å². The molecular formula is C14H16ClN3OS. The van der Waals surface area contributed by atoms with Gasteiger partial charge in [-0.05, 0) is 18.6 Å². The molecule has 2 rings (SSSR count). The van der Waals surface area contributed by atoms with Crippen molar-refractivity contribution in [2.45, 2.75) is 19.5 Å². The highest BCUT2D eigenvalue weighted by molar-refractivity contribution is 7.09. The van der Waals surface area contributed by atoms with Crippen molar-refractivity contribution in [2.24, 2.45) is 5.73 Å². The van der Waals surface area contributed by atoms with E-state index in [9.17, 15) is 4.79 Å². The average molecular weight is 310 g/mol. The highest BCUT2D eigenvalue weighted by atomic mass is 35.5. The molecule has 0 radical (unpaired) electrons. The molecule has 0 saturated carbocycles. The predicted molar refractivity (Wildman–Crippen MR) is 82.0 cm³/mol. The van der Waals surface area contributed by atoms with E-state index in [1.54, 1.807) is 17.3 Å². The number of hydrogen-bond acceptors (Lipinski definition) is 4. The Morgan fingerprint density at radius 3 is 2.80 bits per heavy atom. The van der Waals surface area contributed by atoms with E-state index < -0.39 is 0 Å². The first-order valence-corrected chi connectivity index (χ1v) is 7.46. The Hall–Kier alpha value is -1.43. The maximum absolute atomic E-state index is 12.4. The van der Waals surface area contributed by atoms with E-state index in [-0.39, 0.29) is 11.9 Å². The molecule has 0 aliphatic heterocycles. The molecule has 1 atom stereocenters. The maximum atomic E-state index is 12.4. The van der Waals surface area contributed by atoms with Gasteiger partial charge in [-0.15, -0.1) is 11.3 Å². The first kappa shape index (κ1) is 15.0. The van der Waals surface area contributed by atoms with Crippen LogP contribution in [0.5, 0.6) is 0 Å². The molecule has 2 N–H and O–H groups in total. The molecule has 1 aromatic carbocycles. The summed E-state index contributed by atoms with van der Waals surface area (Å²) >= 11 is 7.57. The maximum Gasteiger partial charge on any atom is 0.273 e. The average Bonchev–Trinajstić information content (AvgIpc) is 2.94. The number of halogens is 1. The highest BCUT2D eigenvalue weighted by Crippen LogP contribution is 2.27. The molecule has 20 heavy (non-hydrogen) atoms. The number of hydrogen-bond donors (Lipinski definition) is 1. The summed E-state index contributed by atoms with van der Waals surface area (Å²) in [6.45, 7) is 2.29. The van der Waals surface area contributed by atoms with Crippen molar-refractivity contribution in [1.82, 2.24) is 9.88 Å². The molecule has 1 heterocycles. The van der Waals surface area contributed by atoms with Crippen LogP contribution in [0.4, 0.5) is 0 Å². The summed E-state index contributed by atoms with van der Waals surface area (Å²) in [5.74, 6) is -0.131. The van der Waals surface area contributed by atoms with Gasteiger partial charge in [0.25, 0.3) is 5.91 Å². The fraction of sp³-hybridized carbons (Fsp3) is 0.286. The van der Waals surface area contributed by atoms with Gasteiger partial charge in [-0.3, -0.25) is 4.79 Å². The van der Waals surface area contributed by atoms with Gasteiger partial charge in [0, 0.05) is 24.0 Å². The minimum Gasteiger partial charge on any atom is -0.334 e. The lowest BCUT2D eigenvalue weighted by atomic mass is 10.1. The van der Waals surface area contributed by atoms with Crippen molar-refractivity contribution >= 4 is 28.8 Å². The second-order valence-electron chi connectivity index (χ2n) is 4.44. The number of carbonyl (C=O) groups is 1. The molecule has 1 unspecified atom stereocenters. The first-order valence-electron chi connectivity index (χ1n) is 6.20. The number of thiazole rings is 1. The first-order chi connectivity index (χ1) is 9.54.